The largest absolute Gasteiger partial charge is 0.349 e. The SMILES string of the molecule is Cc1ccc(N2C(=O)[C@@H]3[C@@H](c4ccc(Br)cc4)OC4(C(=O)c5ccccc5C4=O)[C@@H]3C2=O)cc1C. The zero-order valence-electron chi connectivity index (χ0n) is 18.9. The van der Waals surface area contributed by atoms with E-state index in [1.807, 2.05) is 19.9 Å². The number of nitrogens with zero attached hydrogens (tertiary/aromatic N) is 1. The molecule has 2 fully saturated rings. The zero-order valence-corrected chi connectivity index (χ0v) is 20.5. The van der Waals surface area contributed by atoms with E-state index in [4.69, 9.17) is 4.74 Å². The number of anilines is 1. The second-order valence-corrected chi connectivity index (χ2v) is 10.2. The van der Waals surface area contributed by atoms with Crippen LogP contribution in [0.4, 0.5) is 5.69 Å². The third kappa shape index (κ3) is 2.85. The summed E-state index contributed by atoms with van der Waals surface area (Å²) in [7, 11) is 0. The number of carbonyl (C=O) groups excluding carboxylic acids is 4. The van der Waals surface area contributed by atoms with Gasteiger partial charge in [0.05, 0.1) is 23.6 Å². The lowest BCUT2D eigenvalue weighted by Gasteiger charge is -2.27. The minimum atomic E-state index is -2.06. The Morgan fingerprint density at radius 1 is 0.800 bits per heavy atom. The van der Waals surface area contributed by atoms with Crippen molar-refractivity contribution in [1.29, 1.82) is 0 Å². The second-order valence-electron chi connectivity index (χ2n) is 9.31. The van der Waals surface area contributed by atoms with Gasteiger partial charge in [0, 0.05) is 15.6 Å². The molecule has 3 atom stereocenters. The zero-order chi connectivity index (χ0) is 24.6. The number of imide groups is 1. The summed E-state index contributed by atoms with van der Waals surface area (Å²) in [5.41, 5.74) is 1.38. The van der Waals surface area contributed by atoms with E-state index in [0.717, 1.165) is 20.5 Å². The summed E-state index contributed by atoms with van der Waals surface area (Å²) in [5, 5.41) is 0. The Balaban J connectivity index is 1.54. The Morgan fingerprint density at radius 3 is 2.03 bits per heavy atom. The maximum atomic E-state index is 13.9. The first kappa shape index (κ1) is 22.1. The molecular weight excluding hydrogens is 510 g/mol. The average Bonchev–Trinajstić information content (AvgIpc) is 3.41. The standard InChI is InChI=1S/C28H20BrNO5/c1-14-7-12-18(13-15(14)2)30-26(33)21-22(27(30)34)28(35-23(21)16-8-10-17(29)11-9-16)24(31)19-5-3-4-6-20(19)25(28)32/h3-13,21-23H,1-2H3/t21-,22-,23+/m0/s1. The van der Waals surface area contributed by atoms with Gasteiger partial charge >= 0.3 is 0 Å². The second kappa shape index (κ2) is 7.54. The molecular formula is C28H20BrNO5. The van der Waals surface area contributed by atoms with E-state index in [0.29, 0.717) is 11.3 Å². The van der Waals surface area contributed by atoms with Crippen molar-refractivity contribution in [2.45, 2.75) is 25.6 Å². The van der Waals surface area contributed by atoms with E-state index in [-0.39, 0.29) is 11.1 Å². The third-order valence-electron chi connectivity index (χ3n) is 7.47. The summed E-state index contributed by atoms with van der Waals surface area (Å²) in [5.74, 6) is -4.43. The lowest BCUT2D eigenvalue weighted by molar-refractivity contribution is -0.127. The summed E-state index contributed by atoms with van der Waals surface area (Å²) in [6.07, 6.45) is -0.927. The molecule has 0 unspecified atom stereocenters. The van der Waals surface area contributed by atoms with Crippen molar-refractivity contribution in [2.24, 2.45) is 11.8 Å². The van der Waals surface area contributed by atoms with Gasteiger partial charge in [0.25, 0.3) is 0 Å². The number of rotatable bonds is 2. The molecule has 7 heteroatoms. The molecule has 1 spiro atoms. The van der Waals surface area contributed by atoms with E-state index < -0.39 is 46.9 Å². The Bertz CT molecular complexity index is 1430. The predicted octanol–water partition coefficient (Wildman–Crippen LogP) is 4.76. The van der Waals surface area contributed by atoms with Crippen molar-refractivity contribution in [3.8, 4) is 0 Å². The van der Waals surface area contributed by atoms with Crippen LogP contribution in [0.5, 0.6) is 0 Å². The van der Waals surface area contributed by atoms with E-state index in [1.54, 1.807) is 60.7 Å². The summed E-state index contributed by atoms with van der Waals surface area (Å²) < 4.78 is 7.13. The normalized spacial score (nSPS) is 24.4. The van der Waals surface area contributed by atoms with Crippen LogP contribution in [0, 0.1) is 25.7 Å². The Hall–Kier alpha value is -3.42. The molecule has 3 aliphatic rings. The monoisotopic (exact) mass is 529 g/mol. The van der Waals surface area contributed by atoms with Gasteiger partial charge in [-0.05, 0) is 54.8 Å². The molecule has 0 N–H and O–H groups in total. The predicted molar refractivity (Wildman–Crippen MR) is 131 cm³/mol. The summed E-state index contributed by atoms with van der Waals surface area (Å²) in [6.45, 7) is 3.85. The number of ether oxygens (including phenoxy) is 1. The van der Waals surface area contributed by atoms with Gasteiger partial charge in [-0.3, -0.25) is 19.2 Å². The molecule has 3 aromatic rings. The summed E-state index contributed by atoms with van der Waals surface area (Å²) in [6, 6.07) is 19.0. The quantitative estimate of drug-likeness (QED) is 0.353. The van der Waals surface area contributed by atoms with E-state index in [1.165, 1.54) is 0 Å². The van der Waals surface area contributed by atoms with Gasteiger partial charge in [-0.2, -0.15) is 0 Å². The Kier molecular flexibility index (Phi) is 4.75. The van der Waals surface area contributed by atoms with Crippen molar-refractivity contribution < 1.29 is 23.9 Å². The van der Waals surface area contributed by atoms with Crippen LogP contribution in [0.25, 0.3) is 0 Å². The fourth-order valence-corrected chi connectivity index (χ4v) is 5.85. The van der Waals surface area contributed by atoms with Crippen molar-refractivity contribution in [2.75, 3.05) is 4.90 Å². The fourth-order valence-electron chi connectivity index (χ4n) is 5.59. The lowest BCUT2D eigenvalue weighted by atomic mass is 9.77. The number of fused-ring (bicyclic) bond motifs is 3. The maximum Gasteiger partial charge on any atom is 0.241 e. The minimum absolute atomic E-state index is 0.220. The highest BCUT2D eigenvalue weighted by molar-refractivity contribution is 9.10. The van der Waals surface area contributed by atoms with Gasteiger partial charge in [0.1, 0.15) is 0 Å². The molecule has 1 aliphatic carbocycles. The lowest BCUT2D eigenvalue weighted by Crippen LogP contribution is -2.51. The molecule has 2 aliphatic heterocycles. The number of aryl methyl sites for hydroxylation is 2. The fraction of sp³-hybridized carbons (Fsp3) is 0.214. The van der Waals surface area contributed by atoms with Gasteiger partial charge in [0.2, 0.25) is 29.0 Å². The minimum Gasteiger partial charge on any atom is -0.349 e. The molecule has 0 aromatic heterocycles. The highest BCUT2D eigenvalue weighted by Gasteiger charge is 2.74. The smallest absolute Gasteiger partial charge is 0.241 e. The third-order valence-corrected chi connectivity index (χ3v) is 7.99. The number of Topliss-reactive ketones (excluding diaryl/α,β-unsaturated/α-hetero) is 2. The number of hydrogen-bond acceptors (Lipinski definition) is 5. The first-order valence-corrected chi connectivity index (χ1v) is 12.1. The van der Waals surface area contributed by atoms with E-state index in [9.17, 15) is 19.2 Å². The van der Waals surface area contributed by atoms with Crippen LogP contribution in [0.2, 0.25) is 0 Å². The number of hydrogen-bond donors (Lipinski definition) is 0. The highest BCUT2D eigenvalue weighted by atomic mass is 79.9. The molecule has 3 aromatic carbocycles. The molecule has 0 bridgehead atoms. The maximum absolute atomic E-state index is 13.9. The van der Waals surface area contributed by atoms with Crippen LogP contribution in [0.3, 0.4) is 0 Å². The van der Waals surface area contributed by atoms with Crippen molar-refractivity contribution in [3.63, 3.8) is 0 Å². The summed E-state index contributed by atoms with van der Waals surface area (Å²) in [4.78, 5) is 56.5. The molecule has 6 rings (SSSR count). The molecule has 2 amide bonds. The molecule has 0 radical (unpaired) electrons. The van der Waals surface area contributed by atoms with Gasteiger partial charge in [-0.15, -0.1) is 0 Å². The number of halogens is 1. The van der Waals surface area contributed by atoms with Crippen LogP contribution in [0.1, 0.15) is 43.5 Å². The van der Waals surface area contributed by atoms with Crippen LogP contribution in [-0.4, -0.2) is 29.0 Å². The number of ketones is 2. The topological polar surface area (TPSA) is 80.8 Å². The van der Waals surface area contributed by atoms with Crippen LogP contribution in [0.15, 0.2) is 71.2 Å². The van der Waals surface area contributed by atoms with Gasteiger partial charge in [-0.1, -0.05) is 58.4 Å². The number of benzene rings is 3. The molecule has 0 saturated carbocycles. The number of amides is 2. The summed E-state index contributed by atoms with van der Waals surface area (Å²) >= 11 is 3.40. The van der Waals surface area contributed by atoms with E-state index in [2.05, 4.69) is 15.9 Å². The Morgan fingerprint density at radius 2 is 1.43 bits per heavy atom. The van der Waals surface area contributed by atoms with Gasteiger partial charge < -0.3 is 4.74 Å². The number of carbonyl (C=O) groups is 4. The van der Waals surface area contributed by atoms with Crippen LogP contribution in [-0.2, 0) is 14.3 Å². The van der Waals surface area contributed by atoms with Crippen LogP contribution < -0.4 is 4.90 Å². The van der Waals surface area contributed by atoms with Crippen LogP contribution >= 0.6 is 15.9 Å². The molecule has 2 saturated heterocycles. The molecule has 6 nitrogen and oxygen atoms in total. The van der Waals surface area contributed by atoms with E-state index >= 15 is 0 Å². The van der Waals surface area contributed by atoms with Crippen molar-refractivity contribution in [3.05, 3.63) is 99.0 Å². The van der Waals surface area contributed by atoms with Crippen molar-refractivity contribution >= 4 is 45.0 Å². The molecule has 35 heavy (non-hydrogen) atoms. The molecule has 174 valence electrons. The first-order valence-electron chi connectivity index (χ1n) is 11.3. The van der Waals surface area contributed by atoms with Gasteiger partial charge in [-0.25, -0.2) is 4.90 Å². The molecule has 2 heterocycles. The highest BCUT2D eigenvalue weighted by Crippen LogP contribution is 2.57. The average molecular weight is 530 g/mol. The van der Waals surface area contributed by atoms with Gasteiger partial charge in [0.15, 0.2) is 0 Å². The Labute approximate surface area is 210 Å². The first-order chi connectivity index (χ1) is 16.8. The van der Waals surface area contributed by atoms with Crippen molar-refractivity contribution in [1.82, 2.24) is 0 Å².